The van der Waals surface area contributed by atoms with Crippen molar-refractivity contribution in [2.24, 2.45) is 0 Å². The van der Waals surface area contributed by atoms with Gasteiger partial charge in [-0.15, -0.1) is 0 Å². The summed E-state index contributed by atoms with van der Waals surface area (Å²) in [5.74, 6) is 0. The largest absolute Gasteiger partial charge is 0.401 e. The third-order valence-electron chi connectivity index (χ3n) is 2.85. The smallest absolute Gasteiger partial charge is 0.328 e. The highest BCUT2D eigenvalue weighted by atomic mass is 19.4. The Labute approximate surface area is 99.0 Å². The van der Waals surface area contributed by atoms with E-state index < -0.39 is 12.7 Å². The Morgan fingerprint density at radius 1 is 1.24 bits per heavy atom. The Morgan fingerprint density at radius 3 is 2.18 bits per heavy atom. The van der Waals surface area contributed by atoms with Crippen LogP contribution < -0.4 is 0 Å². The molecule has 0 aromatic carbocycles. The van der Waals surface area contributed by atoms with Crippen LogP contribution in [-0.2, 0) is 0 Å². The van der Waals surface area contributed by atoms with Gasteiger partial charge in [-0.2, -0.15) is 13.2 Å². The highest BCUT2D eigenvalue weighted by Gasteiger charge is 2.33. The van der Waals surface area contributed by atoms with Crippen molar-refractivity contribution in [2.45, 2.75) is 13.1 Å². The first-order valence-electron chi connectivity index (χ1n) is 5.62. The molecule has 1 aliphatic rings. The lowest BCUT2D eigenvalue weighted by atomic mass is 10.3. The van der Waals surface area contributed by atoms with Gasteiger partial charge in [-0.05, 0) is 6.92 Å². The number of hydrogen-bond donors (Lipinski definition) is 0. The number of carbonyl (C=O) groups excluding carboxylic acids is 1. The standard InChI is InChI=1S/C10H18F3N3O/c1-3-14(2)9(17)16-6-4-15(5-7-16)8-10(11,12)13/h3-8H2,1-2H3. The van der Waals surface area contributed by atoms with Gasteiger partial charge in [0, 0.05) is 39.8 Å². The predicted octanol–water partition coefficient (Wildman–Crippen LogP) is 1.24. The predicted molar refractivity (Wildman–Crippen MR) is 57.8 cm³/mol. The molecule has 17 heavy (non-hydrogen) atoms. The zero-order valence-corrected chi connectivity index (χ0v) is 10.1. The third-order valence-corrected chi connectivity index (χ3v) is 2.85. The lowest BCUT2D eigenvalue weighted by molar-refractivity contribution is -0.148. The highest BCUT2D eigenvalue weighted by Crippen LogP contribution is 2.17. The van der Waals surface area contributed by atoms with Crippen molar-refractivity contribution in [2.75, 3.05) is 46.3 Å². The van der Waals surface area contributed by atoms with Gasteiger partial charge in [-0.3, -0.25) is 4.90 Å². The first kappa shape index (κ1) is 14.1. The van der Waals surface area contributed by atoms with Crippen molar-refractivity contribution < 1.29 is 18.0 Å². The lowest BCUT2D eigenvalue weighted by Crippen LogP contribution is -2.53. The molecule has 0 aromatic rings. The molecule has 0 aromatic heterocycles. The summed E-state index contributed by atoms with van der Waals surface area (Å²) in [6, 6.07) is -0.112. The minimum absolute atomic E-state index is 0.112. The molecular formula is C10H18F3N3O. The molecule has 1 heterocycles. The van der Waals surface area contributed by atoms with E-state index in [1.54, 1.807) is 16.8 Å². The van der Waals surface area contributed by atoms with E-state index in [9.17, 15) is 18.0 Å². The monoisotopic (exact) mass is 253 g/mol. The van der Waals surface area contributed by atoms with Crippen molar-refractivity contribution >= 4 is 6.03 Å². The van der Waals surface area contributed by atoms with Gasteiger partial charge >= 0.3 is 12.2 Å². The second kappa shape index (κ2) is 5.57. The van der Waals surface area contributed by atoms with Crippen molar-refractivity contribution in [1.29, 1.82) is 0 Å². The summed E-state index contributed by atoms with van der Waals surface area (Å²) < 4.78 is 36.4. The van der Waals surface area contributed by atoms with E-state index in [0.29, 0.717) is 19.6 Å². The van der Waals surface area contributed by atoms with Crippen LogP contribution in [0.2, 0.25) is 0 Å². The number of alkyl halides is 3. The van der Waals surface area contributed by atoms with Crippen LogP contribution in [0.4, 0.5) is 18.0 Å². The molecule has 0 spiro atoms. The molecule has 0 radical (unpaired) electrons. The fraction of sp³-hybridized carbons (Fsp3) is 0.900. The Hall–Kier alpha value is -0.980. The number of rotatable bonds is 2. The first-order valence-corrected chi connectivity index (χ1v) is 5.62. The fourth-order valence-electron chi connectivity index (χ4n) is 1.73. The number of amides is 2. The summed E-state index contributed by atoms with van der Waals surface area (Å²) in [6.45, 7) is 2.85. The van der Waals surface area contributed by atoms with E-state index in [0.717, 1.165) is 0 Å². The first-order chi connectivity index (χ1) is 7.83. The van der Waals surface area contributed by atoms with Crippen molar-refractivity contribution in [1.82, 2.24) is 14.7 Å². The second-order valence-corrected chi connectivity index (χ2v) is 4.18. The lowest BCUT2D eigenvalue weighted by Gasteiger charge is -2.36. The van der Waals surface area contributed by atoms with Gasteiger partial charge in [-0.25, -0.2) is 4.79 Å². The van der Waals surface area contributed by atoms with Gasteiger partial charge < -0.3 is 9.80 Å². The van der Waals surface area contributed by atoms with E-state index in [-0.39, 0.29) is 19.1 Å². The SMILES string of the molecule is CCN(C)C(=O)N1CCN(CC(F)(F)F)CC1. The Kier molecular flexibility index (Phi) is 4.62. The molecule has 7 heteroatoms. The van der Waals surface area contributed by atoms with Gasteiger partial charge in [0.1, 0.15) is 0 Å². The van der Waals surface area contributed by atoms with Crippen molar-refractivity contribution in [3.8, 4) is 0 Å². The van der Waals surface area contributed by atoms with E-state index in [4.69, 9.17) is 0 Å². The van der Waals surface area contributed by atoms with Crippen LogP contribution in [0.5, 0.6) is 0 Å². The Morgan fingerprint density at radius 2 is 1.76 bits per heavy atom. The van der Waals surface area contributed by atoms with Crippen LogP contribution in [0.25, 0.3) is 0 Å². The van der Waals surface area contributed by atoms with Gasteiger partial charge in [0.2, 0.25) is 0 Å². The van der Waals surface area contributed by atoms with E-state index in [2.05, 4.69) is 0 Å². The van der Waals surface area contributed by atoms with Gasteiger partial charge in [0.15, 0.2) is 0 Å². The van der Waals surface area contributed by atoms with Crippen LogP contribution in [0, 0.1) is 0 Å². The Balaban J connectivity index is 2.38. The normalized spacial score (nSPS) is 18.3. The molecule has 1 rings (SSSR count). The number of urea groups is 1. The van der Waals surface area contributed by atoms with Crippen molar-refractivity contribution in [3.05, 3.63) is 0 Å². The molecule has 0 N–H and O–H groups in total. The maximum atomic E-state index is 12.1. The molecule has 0 atom stereocenters. The molecule has 0 unspecified atom stereocenters. The number of nitrogens with zero attached hydrogens (tertiary/aromatic N) is 3. The van der Waals surface area contributed by atoms with Gasteiger partial charge in [0.05, 0.1) is 6.54 Å². The number of hydrogen-bond acceptors (Lipinski definition) is 2. The fourth-order valence-corrected chi connectivity index (χ4v) is 1.73. The van der Waals surface area contributed by atoms with Gasteiger partial charge in [-0.1, -0.05) is 0 Å². The van der Waals surface area contributed by atoms with Crippen LogP contribution in [0.1, 0.15) is 6.92 Å². The van der Waals surface area contributed by atoms with Crippen LogP contribution in [-0.4, -0.2) is 73.2 Å². The molecule has 0 bridgehead atoms. The van der Waals surface area contributed by atoms with Crippen LogP contribution in [0.15, 0.2) is 0 Å². The van der Waals surface area contributed by atoms with Gasteiger partial charge in [0.25, 0.3) is 0 Å². The second-order valence-electron chi connectivity index (χ2n) is 4.18. The quantitative estimate of drug-likeness (QED) is 0.740. The van der Waals surface area contributed by atoms with Crippen LogP contribution in [0.3, 0.4) is 0 Å². The number of piperazine rings is 1. The molecule has 100 valence electrons. The van der Waals surface area contributed by atoms with Crippen molar-refractivity contribution in [3.63, 3.8) is 0 Å². The molecule has 1 saturated heterocycles. The third kappa shape index (κ3) is 4.41. The average Bonchev–Trinajstić information content (AvgIpc) is 2.26. The molecule has 2 amide bonds. The molecule has 1 aliphatic heterocycles. The summed E-state index contributed by atoms with van der Waals surface area (Å²) in [5, 5.41) is 0. The minimum atomic E-state index is -4.16. The molecular weight excluding hydrogens is 235 g/mol. The minimum Gasteiger partial charge on any atom is -0.328 e. The zero-order chi connectivity index (χ0) is 13.1. The number of carbonyl (C=O) groups is 1. The molecule has 0 aliphatic carbocycles. The van der Waals surface area contributed by atoms with E-state index in [1.165, 1.54) is 4.90 Å². The number of halogens is 3. The summed E-state index contributed by atoms with van der Waals surface area (Å²) in [7, 11) is 1.68. The van der Waals surface area contributed by atoms with E-state index >= 15 is 0 Å². The topological polar surface area (TPSA) is 26.8 Å². The average molecular weight is 253 g/mol. The zero-order valence-electron chi connectivity index (χ0n) is 10.1. The molecule has 1 fully saturated rings. The van der Waals surface area contributed by atoms with E-state index in [1.807, 2.05) is 6.92 Å². The maximum Gasteiger partial charge on any atom is 0.401 e. The summed E-state index contributed by atoms with van der Waals surface area (Å²) >= 11 is 0. The molecule has 4 nitrogen and oxygen atoms in total. The Bertz CT molecular complexity index is 262. The summed E-state index contributed by atoms with van der Waals surface area (Å²) in [4.78, 5) is 16.2. The van der Waals surface area contributed by atoms with Crippen LogP contribution >= 0.6 is 0 Å². The summed E-state index contributed by atoms with van der Waals surface area (Å²) in [6.07, 6.45) is -4.16. The molecule has 0 saturated carbocycles. The highest BCUT2D eigenvalue weighted by molar-refractivity contribution is 5.74. The maximum absolute atomic E-state index is 12.1. The summed E-state index contributed by atoms with van der Waals surface area (Å²) in [5.41, 5.74) is 0.